The van der Waals surface area contributed by atoms with Gasteiger partial charge in [-0.15, -0.1) is 5.10 Å². The van der Waals surface area contributed by atoms with Gasteiger partial charge in [0.25, 0.3) is 5.91 Å². The highest BCUT2D eigenvalue weighted by Crippen LogP contribution is 2.25. The van der Waals surface area contributed by atoms with E-state index in [1.165, 1.54) is 24.1 Å². The first kappa shape index (κ1) is 20.3. The summed E-state index contributed by atoms with van der Waals surface area (Å²) in [7, 11) is 1.46. The van der Waals surface area contributed by atoms with Gasteiger partial charge in [-0.05, 0) is 60.0 Å². The number of benzene rings is 1. The number of anilines is 1. The lowest BCUT2D eigenvalue weighted by molar-refractivity contribution is 0.0945. The van der Waals surface area contributed by atoms with E-state index in [2.05, 4.69) is 40.7 Å². The number of aromatic hydroxyl groups is 1. The number of carbonyl (C=O) groups excluding carboxylic acids is 1. The summed E-state index contributed by atoms with van der Waals surface area (Å²) in [6.45, 7) is 2.28. The fourth-order valence-electron chi connectivity index (χ4n) is 3.29. The van der Waals surface area contributed by atoms with E-state index in [4.69, 9.17) is 10.5 Å². The van der Waals surface area contributed by atoms with Crippen molar-refractivity contribution in [2.45, 2.75) is 19.4 Å². The number of nitrogens with two attached hydrogens (primary N) is 1. The second-order valence-corrected chi connectivity index (χ2v) is 6.88. The van der Waals surface area contributed by atoms with Crippen LogP contribution in [0, 0.1) is 0 Å². The number of aromatic nitrogens is 5. The van der Waals surface area contributed by atoms with Gasteiger partial charge < -0.3 is 15.6 Å². The van der Waals surface area contributed by atoms with E-state index in [-0.39, 0.29) is 23.1 Å². The molecule has 4 N–H and O–H groups in total. The summed E-state index contributed by atoms with van der Waals surface area (Å²) in [5.41, 5.74) is 9.36. The first-order chi connectivity index (χ1) is 15.1. The Kier molecular flexibility index (Phi) is 5.75. The average Bonchev–Trinajstić information content (AvgIpc) is 3.50. The fourth-order valence-corrected chi connectivity index (χ4v) is 3.29. The number of rotatable bonds is 7. The van der Waals surface area contributed by atoms with Gasteiger partial charge in [0.1, 0.15) is 5.69 Å². The van der Waals surface area contributed by atoms with Crippen molar-refractivity contribution < 1.29 is 19.3 Å². The molecule has 1 aliphatic rings. The van der Waals surface area contributed by atoms with Crippen LogP contribution in [0.1, 0.15) is 34.6 Å². The minimum Gasteiger partial charge on any atom is -0.504 e. The fraction of sp³-hybridized carbons (Fsp3) is 0.333. The Morgan fingerprint density at radius 2 is 2.19 bits per heavy atom. The maximum Gasteiger partial charge on any atom is 0.292 e. The number of hydrogen-bond donors (Lipinski definition) is 3. The highest BCUT2D eigenvalue weighted by Gasteiger charge is 2.26. The molecule has 162 valence electrons. The van der Waals surface area contributed by atoms with Crippen LogP contribution in [0.15, 0.2) is 27.9 Å². The van der Waals surface area contributed by atoms with Crippen molar-refractivity contribution in [1.82, 2.24) is 35.6 Å². The SMILES string of the molecule is COc1ccc(/C=N\NC(=O)c2c(CN3CCCC3)nnn2-c2nonc2N)cc1O. The normalized spacial score (nSPS) is 14.4. The predicted molar refractivity (Wildman–Crippen MR) is 108 cm³/mol. The summed E-state index contributed by atoms with van der Waals surface area (Å²) >= 11 is 0. The molecule has 13 heteroatoms. The van der Waals surface area contributed by atoms with Crippen molar-refractivity contribution in [3.63, 3.8) is 0 Å². The zero-order valence-electron chi connectivity index (χ0n) is 16.7. The molecule has 0 unspecified atom stereocenters. The van der Waals surface area contributed by atoms with E-state index in [0.717, 1.165) is 25.9 Å². The number of ether oxygens (including phenoxy) is 1. The van der Waals surface area contributed by atoms with Crippen LogP contribution in [-0.2, 0) is 6.54 Å². The number of nitrogens with one attached hydrogen (secondary N) is 1. The van der Waals surface area contributed by atoms with Gasteiger partial charge in [0.15, 0.2) is 17.2 Å². The van der Waals surface area contributed by atoms with Gasteiger partial charge in [-0.2, -0.15) is 9.78 Å². The van der Waals surface area contributed by atoms with Crippen molar-refractivity contribution >= 4 is 17.9 Å². The lowest BCUT2D eigenvalue weighted by atomic mass is 10.2. The Morgan fingerprint density at radius 1 is 1.39 bits per heavy atom. The monoisotopic (exact) mass is 427 g/mol. The molecule has 0 aliphatic carbocycles. The smallest absolute Gasteiger partial charge is 0.292 e. The number of nitrogen functional groups attached to an aromatic ring is 1. The summed E-state index contributed by atoms with van der Waals surface area (Å²) in [6, 6.07) is 4.73. The van der Waals surface area contributed by atoms with Gasteiger partial charge >= 0.3 is 0 Å². The Morgan fingerprint density at radius 3 is 2.87 bits per heavy atom. The molecule has 13 nitrogen and oxygen atoms in total. The van der Waals surface area contributed by atoms with Gasteiger partial charge in [-0.1, -0.05) is 5.21 Å². The maximum atomic E-state index is 13.0. The van der Waals surface area contributed by atoms with E-state index in [1.807, 2.05) is 0 Å². The molecule has 2 aromatic heterocycles. The second kappa shape index (κ2) is 8.79. The summed E-state index contributed by atoms with van der Waals surface area (Å²) in [5, 5.41) is 29.2. The van der Waals surface area contributed by atoms with Crippen molar-refractivity contribution in [1.29, 1.82) is 0 Å². The topological polar surface area (TPSA) is 170 Å². The molecular formula is C18H21N9O4. The molecule has 1 aromatic carbocycles. The minimum atomic E-state index is -0.560. The van der Waals surface area contributed by atoms with Crippen molar-refractivity contribution in [3.05, 3.63) is 35.2 Å². The Labute approximate surface area is 176 Å². The number of methoxy groups -OCH3 is 1. The molecule has 1 fully saturated rings. The Bertz CT molecular complexity index is 1100. The third-order valence-electron chi connectivity index (χ3n) is 4.81. The average molecular weight is 427 g/mol. The number of nitrogens with zero attached hydrogens (tertiary/aromatic N) is 7. The number of carbonyl (C=O) groups is 1. The number of phenols is 1. The van der Waals surface area contributed by atoms with Crippen LogP contribution in [0.25, 0.3) is 5.82 Å². The molecule has 1 amide bonds. The highest BCUT2D eigenvalue weighted by atomic mass is 16.6. The third-order valence-corrected chi connectivity index (χ3v) is 4.81. The standard InChI is InChI=1S/C18H21N9O4/c1-30-14-5-4-11(8-13(14)28)9-20-22-18(29)15-12(10-26-6-2-3-7-26)21-25-27(15)17-16(19)23-31-24-17/h4-5,8-9,28H,2-3,6-7,10H2,1H3,(H2,19,23)(H,22,29)/b20-9-. The van der Waals surface area contributed by atoms with E-state index < -0.39 is 5.91 Å². The van der Waals surface area contributed by atoms with E-state index in [9.17, 15) is 9.90 Å². The summed E-state index contributed by atoms with van der Waals surface area (Å²) in [6.07, 6.45) is 3.57. The van der Waals surface area contributed by atoms with Gasteiger partial charge in [0, 0.05) is 6.54 Å². The van der Waals surface area contributed by atoms with Gasteiger partial charge in [0.2, 0.25) is 11.6 Å². The minimum absolute atomic E-state index is 0.0242. The van der Waals surface area contributed by atoms with Crippen molar-refractivity contribution in [3.8, 4) is 17.3 Å². The van der Waals surface area contributed by atoms with Crippen LogP contribution in [0.3, 0.4) is 0 Å². The maximum absolute atomic E-state index is 13.0. The quantitative estimate of drug-likeness (QED) is 0.352. The molecular weight excluding hydrogens is 406 g/mol. The van der Waals surface area contributed by atoms with E-state index in [0.29, 0.717) is 23.6 Å². The molecule has 1 saturated heterocycles. The van der Waals surface area contributed by atoms with Crippen LogP contribution in [-0.4, -0.2) is 67.6 Å². The zero-order valence-corrected chi connectivity index (χ0v) is 16.7. The number of amides is 1. The molecule has 0 atom stereocenters. The van der Waals surface area contributed by atoms with Crippen LogP contribution < -0.4 is 15.9 Å². The number of hydrogen-bond acceptors (Lipinski definition) is 11. The highest BCUT2D eigenvalue weighted by molar-refractivity contribution is 5.95. The zero-order chi connectivity index (χ0) is 21.8. The first-order valence-corrected chi connectivity index (χ1v) is 9.52. The second-order valence-electron chi connectivity index (χ2n) is 6.88. The Hall–Kier alpha value is -4.00. The van der Waals surface area contributed by atoms with E-state index >= 15 is 0 Å². The molecule has 0 spiro atoms. The van der Waals surface area contributed by atoms with Crippen molar-refractivity contribution in [2.75, 3.05) is 25.9 Å². The lowest BCUT2D eigenvalue weighted by Gasteiger charge is -2.13. The van der Waals surface area contributed by atoms with Gasteiger partial charge in [0.05, 0.1) is 13.3 Å². The summed E-state index contributed by atoms with van der Waals surface area (Å²) in [5.74, 6) is -0.225. The Balaban J connectivity index is 1.57. The largest absolute Gasteiger partial charge is 0.504 e. The van der Waals surface area contributed by atoms with Crippen LogP contribution >= 0.6 is 0 Å². The number of hydrazone groups is 1. The third kappa shape index (κ3) is 4.30. The first-order valence-electron chi connectivity index (χ1n) is 9.52. The van der Waals surface area contributed by atoms with Crippen LogP contribution in [0.4, 0.5) is 5.82 Å². The molecule has 0 bridgehead atoms. The predicted octanol–water partition coefficient (Wildman–Crippen LogP) is 0.306. The molecule has 0 radical (unpaired) electrons. The summed E-state index contributed by atoms with van der Waals surface area (Å²) in [4.78, 5) is 15.1. The number of likely N-dealkylation sites (tertiary alicyclic amines) is 1. The van der Waals surface area contributed by atoms with Crippen LogP contribution in [0.5, 0.6) is 11.5 Å². The van der Waals surface area contributed by atoms with E-state index in [1.54, 1.807) is 12.1 Å². The molecule has 3 aromatic rings. The lowest BCUT2D eigenvalue weighted by Crippen LogP contribution is -2.26. The van der Waals surface area contributed by atoms with Crippen molar-refractivity contribution in [2.24, 2.45) is 5.10 Å². The number of phenolic OH excluding ortho intramolecular Hbond substituents is 1. The molecule has 31 heavy (non-hydrogen) atoms. The molecule has 1 aliphatic heterocycles. The molecule has 0 saturated carbocycles. The van der Waals surface area contributed by atoms with Gasteiger partial charge in [-0.3, -0.25) is 9.69 Å². The van der Waals surface area contributed by atoms with Crippen LogP contribution in [0.2, 0.25) is 0 Å². The van der Waals surface area contributed by atoms with Gasteiger partial charge in [-0.25, -0.2) is 10.1 Å². The molecule has 3 heterocycles. The summed E-state index contributed by atoms with van der Waals surface area (Å²) < 4.78 is 10.8. The molecule has 4 rings (SSSR count).